The van der Waals surface area contributed by atoms with Crippen molar-refractivity contribution in [2.24, 2.45) is 0 Å². The summed E-state index contributed by atoms with van der Waals surface area (Å²) < 4.78 is 0. The molecule has 0 aliphatic carbocycles. The Balaban J connectivity index is 2.08. The van der Waals surface area contributed by atoms with Crippen molar-refractivity contribution >= 4 is 17.3 Å². The van der Waals surface area contributed by atoms with Crippen LogP contribution in [0, 0.1) is 0 Å². The van der Waals surface area contributed by atoms with Crippen LogP contribution in [0.15, 0.2) is 36.5 Å². The molecule has 19 heavy (non-hydrogen) atoms. The van der Waals surface area contributed by atoms with Gasteiger partial charge in [0, 0.05) is 23.2 Å². The maximum absolute atomic E-state index is 10.9. The van der Waals surface area contributed by atoms with Crippen LogP contribution in [0.2, 0.25) is 0 Å². The second-order valence-electron chi connectivity index (χ2n) is 4.43. The molecule has 5 heteroatoms. The number of benzene rings is 1. The van der Waals surface area contributed by atoms with Crippen molar-refractivity contribution in [2.45, 2.75) is 19.5 Å². The maximum atomic E-state index is 10.9. The van der Waals surface area contributed by atoms with Crippen molar-refractivity contribution in [3.05, 3.63) is 41.4 Å². The van der Waals surface area contributed by atoms with Crippen LogP contribution in [0.1, 0.15) is 11.8 Å². The van der Waals surface area contributed by atoms with Gasteiger partial charge < -0.3 is 5.11 Å². The molecule has 1 aromatic heterocycles. The number of carbonyl (C=O) groups is 1. The predicted molar refractivity (Wildman–Crippen MR) is 76.1 cm³/mol. The van der Waals surface area contributed by atoms with E-state index in [1.807, 2.05) is 36.5 Å². The molecular weight excluding hydrogens is 260 g/mol. The third-order valence-electron chi connectivity index (χ3n) is 3.00. The third-order valence-corrected chi connectivity index (χ3v) is 4.03. The second kappa shape index (κ2) is 5.95. The summed E-state index contributed by atoms with van der Waals surface area (Å²) in [5.41, 5.74) is 1.09. The summed E-state index contributed by atoms with van der Waals surface area (Å²) in [6.45, 7) is 2.28. The summed E-state index contributed by atoms with van der Waals surface area (Å²) in [6.07, 6.45) is 1.82. The van der Waals surface area contributed by atoms with Gasteiger partial charge in [0.2, 0.25) is 0 Å². The normalized spacial score (nSPS) is 12.6. The predicted octanol–water partition coefficient (Wildman–Crippen LogP) is 2.72. The lowest BCUT2D eigenvalue weighted by atomic mass is 10.2. The highest BCUT2D eigenvalue weighted by Crippen LogP contribution is 2.25. The maximum Gasteiger partial charge on any atom is 0.320 e. The zero-order valence-electron chi connectivity index (χ0n) is 10.9. The Labute approximate surface area is 116 Å². The molecule has 0 amide bonds. The van der Waals surface area contributed by atoms with Crippen LogP contribution < -0.4 is 0 Å². The highest BCUT2D eigenvalue weighted by atomic mass is 32.1. The van der Waals surface area contributed by atoms with Gasteiger partial charge in [0.1, 0.15) is 11.0 Å². The van der Waals surface area contributed by atoms with Gasteiger partial charge in [-0.15, -0.1) is 11.3 Å². The minimum atomic E-state index is -0.810. The topological polar surface area (TPSA) is 53.4 Å². The summed E-state index contributed by atoms with van der Waals surface area (Å²) >= 11 is 1.60. The highest BCUT2D eigenvalue weighted by Gasteiger charge is 2.17. The number of hydrogen-bond acceptors (Lipinski definition) is 4. The molecule has 1 N–H and O–H groups in total. The zero-order chi connectivity index (χ0) is 13.8. The van der Waals surface area contributed by atoms with Crippen molar-refractivity contribution in [3.63, 3.8) is 0 Å². The van der Waals surface area contributed by atoms with Crippen LogP contribution in [0.4, 0.5) is 0 Å². The first-order chi connectivity index (χ1) is 9.08. The van der Waals surface area contributed by atoms with Crippen LogP contribution in [0.5, 0.6) is 0 Å². The third kappa shape index (κ3) is 3.39. The quantitative estimate of drug-likeness (QED) is 0.912. The molecule has 4 nitrogen and oxygen atoms in total. The van der Waals surface area contributed by atoms with Gasteiger partial charge in [-0.1, -0.05) is 30.3 Å². The highest BCUT2D eigenvalue weighted by molar-refractivity contribution is 7.15. The molecule has 0 aliphatic heterocycles. The number of hydrogen-bond donors (Lipinski definition) is 1. The number of aliphatic carboxylic acids is 1. The summed E-state index contributed by atoms with van der Waals surface area (Å²) in [4.78, 5) is 18.2. The summed E-state index contributed by atoms with van der Waals surface area (Å²) in [6, 6.07) is 9.48. The van der Waals surface area contributed by atoms with Crippen molar-refractivity contribution in [3.8, 4) is 10.6 Å². The van der Waals surface area contributed by atoms with Crippen LogP contribution in [0.25, 0.3) is 10.6 Å². The Kier molecular flexibility index (Phi) is 4.29. The van der Waals surface area contributed by atoms with Crippen molar-refractivity contribution in [1.82, 2.24) is 9.88 Å². The van der Waals surface area contributed by atoms with Crippen LogP contribution in [-0.2, 0) is 11.3 Å². The first-order valence-electron chi connectivity index (χ1n) is 6.01. The molecule has 2 aromatic rings. The number of likely N-dealkylation sites (N-methyl/N-ethyl adjacent to an activating group) is 1. The van der Waals surface area contributed by atoms with E-state index >= 15 is 0 Å². The average molecular weight is 276 g/mol. The van der Waals surface area contributed by atoms with E-state index in [4.69, 9.17) is 5.11 Å². The van der Waals surface area contributed by atoms with E-state index in [2.05, 4.69) is 4.98 Å². The molecule has 0 radical (unpaired) electrons. The van der Waals surface area contributed by atoms with Gasteiger partial charge in [-0.2, -0.15) is 0 Å². The number of carboxylic acid groups (broad SMARTS) is 1. The minimum Gasteiger partial charge on any atom is -0.480 e. The van der Waals surface area contributed by atoms with Gasteiger partial charge >= 0.3 is 5.97 Å². The van der Waals surface area contributed by atoms with E-state index in [1.54, 1.807) is 30.2 Å². The fourth-order valence-electron chi connectivity index (χ4n) is 1.67. The van der Waals surface area contributed by atoms with Gasteiger partial charge in [0.25, 0.3) is 0 Å². The van der Waals surface area contributed by atoms with E-state index in [0.29, 0.717) is 6.54 Å². The molecule has 0 bridgehead atoms. The molecule has 0 spiro atoms. The fraction of sp³-hybridized carbons (Fsp3) is 0.286. The molecule has 0 saturated heterocycles. The molecule has 0 aliphatic rings. The van der Waals surface area contributed by atoms with Crippen molar-refractivity contribution in [1.29, 1.82) is 0 Å². The van der Waals surface area contributed by atoms with Gasteiger partial charge in [-0.05, 0) is 14.0 Å². The number of thiazole rings is 1. The lowest BCUT2D eigenvalue weighted by molar-refractivity contribution is -0.142. The van der Waals surface area contributed by atoms with Gasteiger partial charge in [-0.25, -0.2) is 4.98 Å². The minimum absolute atomic E-state index is 0.498. The molecule has 1 aromatic carbocycles. The first-order valence-corrected chi connectivity index (χ1v) is 6.82. The lowest BCUT2D eigenvalue weighted by Gasteiger charge is -2.19. The number of aromatic nitrogens is 1. The van der Waals surface area contributed by atoms with E-state index in [9.17, 15) is 4.79 Å². The van der Waals surface area contributed by atoms with E-state index in [0.717, 1.165) is 15.4 Å². The summed E-state index contributed by atoms with van der Waals surface area (Å²) in [5, 5.41) is 9.92. The molecule has 1 atom stereocenters. The largest absolute Gasteiger partial charge is 0.480 e. The Hall–Kier alpha value is -1.72. The fourth-order valence-corrected chi connectivity index (χ4v) is 2.65. The second-order valence-corrected chi connectivity index (χ2v) is 5.54. The average Bonchev–Trinajstić information content (AvgIpc) is 2.87. The Morgan fingerprint density at radius 3 is 2.74 bits per heavy atom. The molecule has 0 saturated carbocycles. The molecule has 100 valence electrons. The molecular formula is C14H16N2O2S. The number of rotatable bonds is 5. The zero-order valence-corrected chi connectivity index (χ0v) is 11.7. The molecule has 0 fully saturated rings. The van der Waals surface area contributed by atoms with E-state index < -0.39 is 12.0 Å². The summed E-state index contributed by atoms with van der Waals surface area (Å²) in [7, 11) is 1.81. The molecule has 2 rings (SSSR count). The smallest absolute Gasteiger partial charge is 0.320 e. The van der Waals surface area contributed by atoms with E-state index in [1.165, 1.54) is 0 Å². The first kappa shape index (κ1) is 13.7. The van der Waals surface area contributed by atoms with Gasteiger partial charge in [-0.3, -0.25) is 9.69 Å². The monoisotopic (exact) mass is 276 g/mol. The summed E-state index contributed by atoms with van der Waals surface area (Å²) in [5.74, 6) is -0.810. The standard InChI is InChI=1S/C14H16N2O2S/c1-10(14(17)18)16(2)9-12-8-15-13(19-12)11-6-4-3-5-7-11/h3-8,10H,9H2,1-2H3,(H,17,18). The molecule has 1 unspecified atom stereocenters. The van der Waals surface area contributed by atoms with Gasteiger partial charge in [0.05, 0.1) is 0 Å². The van der Waals surface area contributed by atoms with Crippen molar-refractivity contribution < 1.29 is 9.90 Å². The van der Waals surface area contributed by atoms with E-state index in [-0.39, 0.29) is 0 Å². The Bertz CT molecular complexity index is 554. The lowest BCUT2D eigenvalue weighted by Crippen LogP contribution is -2.35. The SMILES string of the molecule is CC(C(=O)O)N(C)Cc1cnc(-c2ccccc2)s1. The van der Waals surface area contributed by atoms with Gasteiger partial charge in [0.15, 0.2) is 0 Å². The van der Waals surface area contributed by atoms with Crippen LogP contribution in [0.3, 0.4) is 0 Å². The number of nitrogens with zero attached hydrogens (tertiary/aromatic N) is 2. The Morgan fingerprint density at radius 2 is 2.11 bits per heavy atom. The Morgan fingerprint density at radius 1 is 1.42 bits per heavy atom. The van der Waals surface area contributed by atoms with Crippen LogP contribution in [-0.4, -0.2) is 34.0 Å². The number of carboxylic acids is 1. The van der Waals surface area contributed by atoms with Crippen molar-refractivity contribution in [2.75, 3.05) is 7.05 Å². The molecule has 1 heterocycles. The van der Waals surface area contributed by atoms with Crippen LogP contribution >= 0.6 is 11.3 Å².